The van der Waals surface area contributed by atoms with Crippen LogP contribution in [0, 0.1) is 0 Å². The van der Waals surface area contributed by atoms with Gasteiger partial charge in [-0.05, 0) is 19.3 Å². The van der Waals surface area contributed by atoms with Crippen LogP contribution >= 0.6 is 0 Å². The fourth-order valence-electron chi connectivity index (χ4n) is 1.41. The molecule has 0 aliphatic rings. The third-order valence-electron chi connectivity index (χ3n) is 2.73. The Morgan fingerprint density at radius 3 is 1.14 bits per heavy atom. The predicted molar refractivity (Wildman–Crippen MR) is 78.7 cm³/mol. The van der Waals surface area contributed by atoms with Crippen LogP contribution < -0.4 is 0 Å². The molecule has 0 aromatic rings. The quantitative estimate of drug-likeness (QED) is 0.511. The van der Waals surface area contributed by atoms with Crippen LogP contribution in [0.25, 0.3) is 0 Å². The molecule has 0 saturated heterocycles. The molecule has 0 aliphatic carbocycles. The van der Waals surface area contributed by atoms with E-state index in [-0.39, 0.29) is 24.7 Å². The molecule has 0 amide bonds. The molecular formula is C15H27NO6. The van der Waals surface area contributed by atoms with Gasteiger partial charge in [-0.15, -0.1) is 0 Å². The Morgan fingerprint density at radius 2 is 0.909 bits per heavy atom. The van der Waals surface area contributed by atoms with Crippen LogP contribution in [0.3, 0.4) is 0 Å². The zero-order valence-electron chi connectivity index (χ0n) is 13.8. The third kappa shape index (κ3) is 11.1. The first-order valence-electron chi connectivity index (χ1n) is 7.95. The molecule has 7 heteroatoms. The van der Waals surface area contributed by atoms with E-state index in [9.17, 15) is 14.4 Å². The molecule has 0 fully saturated rings. The third-order valence-corrected chi connectivity index (χ3v) is 2.73. The summed E-state index contributed by atoms with van der Waals surface area (Å²) in [5, 5.41) is 0.244. The smallest absolute Gasteiger partial charge is 0.300 e. The summed E-state index contributed by atoms with van der Waals surface area (Å²) in [7, 11) is 0. The first-order chi connectivity index (χ1) is 10.5. The monoisotopic (exact) mass is 317 g/mol. The molecule has 22 heavy (non-hydrogen) atoms. The van der Waals surface area contributed by atoms with Crippen LogP contribution in [0.15, 0.2) is 0 Å². The lowest BCUT2D eigenvalue weighted by atomic mass is 10.3. The summed E-state index contributed by atoms with van der Waals surface area (Å²) in [6.45, 7) is 5.79. The average Bonchev–Trinajstić information content (AvgIpc) is 2.48. The Kier molecular flexibility index (Phi) is 12.1. The van der Waals surface area contributed by atoms with Crippen LogP contribution in [-0.2, 0) is 28.9 Å². The second kappa shape index (κ2) is 13.1. The number of hydrogen-bond acceptors (Lipinski definition) is 7. The van der Waals surface area contributed by atoms with Gasteiger partial charge in [0, 0.05) is 19.3 Å². The molecule has 0 atom stereocenters. The molecule has 0 unspecified atom stereocenters. The van der Waals surface area contributed by atoms with Crippen molar-refractivity contribution in [1.82, 2.24) is 5.39 Å². The van der Waals surface area contributed by atoms with Gasteiger partial charge in [-0.25, -0.2) is 0 Å². The minimum Gasteiger partial charge on any atom is -0.300 e. The molecule has 0 N–H and O–H groups in total. The van der Waals surface area contributed by atoms with Crippen molar-refractivity contribution in [1.29, 1.82) is 0 Å². The van der Waals surface area contributed by atoms with Gasteiger partial charge in [0.05, 0.1) is 0 Å². The fraction of sp³-hybridized carbons (Fsp3) is 0.800. The van der Waals surface area contributed by atoms with Crippen LogP contribution in [-0.4, -0.2) is 23.3 Å². The summed E-state index contributed by atoms with van der Waals surface area (Å²) in [4.78, 5) is 49.0. The van der Waals surface area contributed by atoms with Crippen LogP contribution in [0.4, 0.5) is 0 Å². The maximum absolute atomic E-state index is 11.6. The van der Waals surface area contributed by atoms with Gasteiger partial charge in [0.15, 0.2) is 0 Å². The highest BCUT2D eigenvalue weighted by molar-refractivity contribution is 5.71. The van der Waals surface area contributed by atoms with E-state index in [4.69, 9.17) is 14.5 Å². The van der Waals surface area contributed by atoms with Crippen LogP contribution in [0.5, 0.6) is 0 Å². The SMILES string of the molecule is CCCCC(=O)ON(OC(=O)CCCC)OC(=O)CCCC. The standard InChI is InChI=1S/C15H27NO6/c1-4-7-10-13(17)20-16(21-14(18)11-8-5-2)22-15(19)12-9-6-3/h4-12H2,1-3H3. The van der Waals surface area contributed by atoms with Gasteiger partial charge >= 0.3 is 17.9 Å². The van der Waals surface area contributed by atoms with Crippen LogP contribution in [0.1, 0.15) is 78.6 Å². The van der Waals surface area contributed by atoms with Crippen molar-refractivity contribution in [2.24, 2.45) is 0 Å². The number of carbonyl (C=O) groups is 3. The predicted octanol–water partition coefficient (Wildman–Crippen LogP) is 3.23. The molecule has 128 valence electrons. The van der Waals surface area contributed by atoms with Crippen molar-refractivity contribution in [3.05, 3.63) is 0 Å². The molecule has 0 aliphatic heterocycles. The maximum Gasteiger partial charge on any atom is 0.332 e. The molecule has 0 heterocycles. The van der Waals surface area contributed by atoms with Gasteiger partial charge in [0.1, 0.15) is 0 Å². The van der Waals surface area contributed by atoms with Crippen molar-refractivity contribution in [3.63, 3.8) is 0 Å². The van der Waals surface area contributed by atoms with E-state index in [0.717, 1.165) is 19.3 Å². The Morgan fingerprint density at radius 1 is 0.636 bits per heavy atom. The zero-order chi connectivity index (χ0) is 16.8. The number of unbranched alkanes of at least 4 members (excludes halogenated alkanes) is 3. The summed E-state index contributed by atoms with van der Waals surface area (Å²) < 4.78 is 0. The highest BCUT2D eigenvalue weighted by Crippen LogP contribution is 2.07. The normalized spacial score (nSPS) is 10.4. The highest BCUT2D eigenvalue weighted by Gasteiger charge is 2.21. The molecule has 0 spiro atoms. The molecule has 0 rings (SSSR count). The van der Waals surface area contributed by atoms with E-state index in [2.05, 4.69) is 0 Å². The maximum atomic E-state index is 11.6. The van der Waals surface area contributed by atoms with Crippen molar-refractivity contribution in [3.8, 4) is 0 Å². The fourth-order valence-corrected chi connectivity index (χ4v) is 1.41. The van der Waals surface area contributed by atoms with Crippen molar-refractivity contribution < 1.29 is 28.9 Å². The largest absolute Gasteiger partial charge is 0.332 e. The Labute approximate surface area is 131 Å². The van der Waals surface area contributed by atoms with E-state index in [1.165, 1.54) is 0 Å². The molecule has 7 nitrogen and oxygen atoms in total. The van der Waals surface area contributed by atoms with Gasteiger partial charge < -0.3 is 14.5 Å². The van der Waals surface area contributed by atoms with E-state index < -0.39 is 17.9 Å². The number of hydrogen-bond donors (Lipinski definition) is 0. The molecular weight excluding hydrogens is 290 g/mol. The summed E-state index contributed by atoms with van der Waals surface area (Å²) in [6, 6.07) is 0. The molecule has 0 aromatic heterocycles. The number of nitrogens with zero attached hydrogens (tertiary/aromatic N) is 1. The van der Waals surface area contributed by atoms with Crippen LogP contribution in [0.2, 0.25) is 0 Å². The van der Waals surface area contributed by atoms with E-state index >= 15 is 0 Å². The zero-order valence-corrected chi connectivity index (χ0v) is 13.8. The van der Waals surface area contributed by atoms with Gasteiger partial charge in [-0.1, -0.05) is 40.0 Å². The molecule has 0 bridgehead atoms. The van der Waals surface area contributed by atoms with E-state index in [1.54, 1.807) is 0 Å². The lowest BCUT2D eigenvalue weighted by molar-refractivity contribution is -0.464. The van der Waals surface area contributed by atoms with Gasteiger partial charge in [-0.3, -0.25) is 14.4 Å². The number of rotatable bonds is 12. The summed E-state index contributed by atoms with van der Waals surface area (Å²) in [5.74, 6) is -1.85. The van der Waals surface area contributed by atoms with Gasteiger partial charge in [0.2, 0.25) is 5.39 Å². The number of carbonyl (C=O) groups excluding carboxylic acids is 3. The Bertz CT molecular complexity index is 293. The first-order valence-corrected chi connectivity index (χ1v) is 7.95. The second-order valence-corrected chi connectivity index (χ2v) is 4.92. The molecule has 0 saturated carbocycles. The minimum absolute atomic E-state index is 0.159. The minimum atomic E-state index is -0.617. The average molecular weight is 317 g/mol. The van der Waals surface area contributed by atoms with Crippen molar-refractivity contribution in [2.75, 3.05) is 0 Å². The van der Waals surface area contributed by atoms with Gasteiger partial charge in [-0.2, -0.15) is 0 Å². The van der Waals surface area contributed by atoms with Crippen molar-refractivity contribution in [2.45, 2.75) is 78.6 Å². The van der Waals surface area contributed by atoms with Gasteiger partial charge in [0.25, 0.3) is 0 Å². The second-order valence-electron chi connectivity index (χ2n) is 4.92. The summed E-state index contributed by atoms with van der Waals surface area (Å²) >= 11 is 0. The summed E-state index contributed by atoms with van der Waals surface area (Å²) in [5.41, 5.74) is 0. The molecule has 0 aromatic carbocycles. The lowest BCUT2D eigenvalue weighted by Gasteiger charge is -2.17. The lowest BCUT2D eigenvalue weighted by Crippen LogP contribution is -2.33. The topological polar surface area (TPSA) is 82.1 Å². The highest BCUT2D eigenvalue weighted by atomic mass is 17.2. The van der Waals surface area contributed by atoms with E-state index in [0.29, 0.717) is 19.3 Å². The van der Waals surface area contributed by atoms with E-state index in [1.807, 2.05) is 20.8 Å². The Balaban J connectivity index is 4.44. The summed E-state index contributed by atoms with van der Waals surface area (Å²) in [6.07, 6.45) is 4.86. The molecule has 0 radical (unpaired) electrons. The Hall–Kier alpha value is -1.63. The first kappa shape index (κ1) is 20.4. The van der Waals surface area contributed by atoms with Crippen molar-refractivity contribution >= 4 is 17.9 Å².